The smallest absolute Gasteiger partial charge is 0.367 e. The first kappa shape index (κ1) is 14.1. The molecule has 0 amide bonds. The maximum Gasteiger partial charge on any atom is 0.417 e. The van der Waals surface area contributed by atoms with Gasteiger partial charge in [0, 0.05) is 12.2 Å². The third-order valence-corrected chi connectivity index (χ3v) is 4.71. The summed E-state index contributed by atoms with van der Waals surface area (Å²) in [5.41, 5.74) is -0.802. The zero-order chi connectivity index (χ0) is 14.1. The summed E-state index contributed by atoms with van der Waals surface area (Å²) in [5.74, 6) is 0.536. The molecule has 1 N–H and O–H groups in total. The average molecular weight is 294 g/mol. The minimum atomic E-state index is -4.40. The second-order valence-electron chi connectivity index (χ2n) is 4.50. The third-order valence-electron chi connectivity index (χ3n) is 3.00. The van der Waals surface area contributed by atoms with Crippen molar-refractivity contribution in [3.63, 3.8) is 0 Å². The zero-order valence-corrected chi connectivity index (χ0v) is 10.8. The summed E-state index contributed by atoms with van der Waals surface area (Å²) < 4.78 is 59.5. The highest BCUT2D eigenvalue weighted by atomic mass is 32.2. The fraction of sp³-hybridized carbons (Fsp3) is 0.545. The maximum atomic E-state index is 12.3. The Morgan fingerprint density at radius 3 is 2.32 bits per heavy atom. The first-order chi connectivity index (χ1) is 8.76. The molecule has 106 valence electrons. The molecule has 1 aliphatic rings. The predicted octanol–water partition coefficient (Wildman–Crippen LogP) is 2.09. The van der Waals surface area contributed by atoms with Gasteiger partial charge in [-0.05, 0) is 25.0 Å². The lowest BCUT2D eigenvalue weighted by Crippen LogP contribution is -2.32. The third kappa shape index (κ3) is 3.82. The predicted molar refractivity (Wildman–Crippen MR) is 64.5 cm³/mol. The molecule has 1 aromatic rings. The summed E-state index contributed by atoms with van der Waals surface area (Å²) in [5, 5.41) is 2.95. The highest BCUT2D eigenvalue weighted by Crippen LogP contribution is 2.29. The van der Waals surface area contributed by atoms with Crippen LogP contribution in [0, 0.1) is 0 Å². The van der Waals surface area contributed by atoms with Crippen molar-refractivity contribution in [1.29, 1.82) is 0 Å². The number of pyridine rings is 1. The molecule has 1 aliphatic heterocycles. The molecule has 1 aromatic heterocycles. The molecule has 19 heavy (non-hydrogen) atoms. The van der Waals surface area contributed by atoms with Crippen molar-refractivity contribution in [3.8, 4) is 0 Å². The number of nitrogens with one attached hydrogen (secondary N) is 1. The Hall–Kier alpha value is -1.31. The summed E-state index contributed by atoms with van der Waals surface area (Å²) in [6.45, 7) is 0. The topological polar surface area (TPSA) is 59.1 Å². The summed E-state index contributed by atoms with van der Waals surface area (Å²) in [7, 11) is -2.94. The van der Waals surface area contributed by atoms with Crippen LogP contribution in [0.5, 0.6) is 0 Å². The SMILES string of the molecule is O=S1(=O)CCC(Nc2ccc(C(F)(F)F)cn2)CC1. The number of aromatic nitrogens is 1. The van der Waals surface area contributed by atoms with Crippen molar-refractivity contribution in [1.82, 2.24) is 4.98 Å². The summed E-state index contributed by atoms with van der Waals surface area (Å²) in [6, 6.07) is 2.15. The van der Waals surface area contributed by atoms with Crippen LogP contribution in [0.2, 0.25) is 0 Å². The number of anilines is 1. The van der Waals surface area contributed by atoms with Gasteiger partial charge >= 0.3 is 6.18 Å². The lowest BCUT2D eigenvalue weighted by atomic mass is 10.1. The largest absolute Gasteiger partial charge is 0.417 e. The van der Waals surface area contributed by atoms with Crippen molar-refractivity contribution >= 4 is 15.7 Å². The second-order valence-corrected chi connectivity index (χ2v) is 6.80. The highest BCUT2D eigenvalue weighted by molar-refractivity contribution is 7.91. The molecule has 0 aromatic carbocycles. The number of rotatable bonds is 2. The van der Waals surface area contributed by atoms with E-state index in [0.717, 1.165) is 12.3 Å². The Kier molecular flexibility index (Phi) is 3.71. The summed E-state index contributed by atoms with van der Waals surface area (Å²) in [4.78, 5) is 3.70. The van der Waals surface area contributed by atoms with Crippen LogP contribution in [-0.4, -0.2) is 30.9 Å². The monoisotopic (exact) mass is 294 g/mol. The molecule has 8 heteroatoms. The van der Waals surface area contributed by atoms with Crippen LogP contribution in [0.3, 0.4) is 0 Å². The van der Waals surface area contributed by atoms with Gasteiger partial charge in [0.25, 0.3) is 0 Å². The van der Waals surface area contributed by atoms with Crippen LogP contribution in [-0.2, 0) is 16.0 Å². The standard InChI is InChI=1S/C11H13F3N2O2S/c12-11(13,14)8-1-2-10(15-7-8)16-9-3-5-19(17,18)6-4-9/h1-2,7,9H,3-6H2,(H,15,16). The molecule has 1 saturated heterocycles. The Morgan fingerprint density at radius 1 is 1.21 bits per heavy atom. The Morgan fingerprint density at radius 2 is 1.84 bits per heavy atom. The number of hydrogen-bond acceptors (Lipinski definition) is 4. The van der Waals surface area contributed by atoms with Crippen molar-refractivity contribution in [2.75, 3.05) is 16.8 Å². The lowest BCUT2D eigenvalue weighted by Gasteiger charge is -2.23. The average Bonchev–Trinajstić information content (AvgIpc) is 2.31. The van der Waals surface area contributed by atoms with Crippen LogP contribution in [0.4, 0.5) is 19.0 Å². The van der Waals surface area contributed by atoms with Crippen LogP contribution in [0.15, 0.2) is 18.3 Å². The van der Waals surface area contributed by atoms with Gasteiger partial charge in [-0.2, -0.15) is 13.2 Å². The van der Waals surface area contributed by atoms with Crippen LogP contribution in [0.1, 0.15) is 18.4 Å². The minimum Gasteiger partial charge on any atom is -0.367 e. The Bertz CT molecular complexity index is 526. The molecule has 0 saturated carbocycles. The van der Waals surface area contributed by atoms with Gasteiger partial charge in [-0.1, -0.05) is 0 Å². The lowest BCUT2D eigenvalue weighted by molar-refractivity contribution is -0.137. The minimum absolute atomic E-state index is 0.0623. The van der Waals surface area contributed by atoms with Gasteiger partial charge < -0.3 is 5.32 Å². The van der Waals surface area contributed by atoms with E-state index in [0.29, 0.717) is 18.7 Å². The molecule has 0 bridgehead atoms. The Balaban J connectivity index is 1.97. The van der Waals surface area contributed by atoms with Gasteiger partial charge in [-0.25, -0.2) is 13.4 Å². The molecule has 1 fully saturated rings. The normalized spacial score (nSPS) is 20.2. The quantitative estimate of drug-likeness (QED) is 0.907. The van der Waals surface area contributed by atoms with E-state index in [-0.39, 0.29) is 17.5 Å². The van der Waals surface area contributed by atoms with E-state index >= 15 is 0 Å². The van der Waals surface area contributed by atoms with Gasteiger partial charge in [0.1, 0.15) is 15.7 Å². The van der Waals surface area contributed by atoms with Crippen molar-refractivity contribution in [3.05, 3.63) is 23.9 Å². The van der Waals surface area contributed by atoms with Crippen molar-refractivity contribution < 1.29 is 21.6 Å². The first-order valence-corrected chi connectivity index (χ1v) is 7.59. The van der Waals surface area contributed by atoms with E-state index in [1.807, 2.05) is 0 Å². The van der Waals surface area contributed by atoms with E-state index in [9.17, 15) is 21.6 Å². The van der Waals surface area contributed by atoms with Crippen molar-refractivity contribution in [2.24, 2.45) is 0 Å². The molecule has 0 radical (unpaired) electrons. The Labute approximate surface area is 109 Å². The van der Waals surface area contributed by atoms with Gasteiger partial charge in [0.05, 0.1) is 17.1 Å². The van der Waals surface area contributed by atoms with Crippen LogP contribution >= 0.6 is 0 Å². The molecule has 0 unspecified atom stereocenters. The van der Waals surface area contributed by atoms with E-state index in [1.54, 1.807) is 0 Å². The number of nitrogens with zero attached hydrogens (tertiary/aromatic N) is 1. The molecule has 0 spiro atoms. The molecule has 4 nitrogen and oxygen atoms in total. The van der Waals surface area contributed by atoms with E-state index in [2.05, 4.69) is 10.3 Å². The van der Waals surface area contributed by atoms with E-state index in [1.165, 1.54) is 6.07 Å². The van der Waals surface area contributed by atoms with E-state index in [4.69, 9.17) is 0 Å². The molecule has 2 heterocycles. The van der Waals surface area contributed by atoms with Gasteiger partial charge in [-0.3, -0.25) is 0 Å². The fourth-order valence-corrected chi connectivity index (χ4v) is 3.38. The second kappa shape index (κ2) is 4.99. The highest BCUT2D eigenvalue weighted by Gasteiger charge is 2.31. The zero-order valence-electron chi connectivity index (χ0n) is 9.94. The molecule has 2 rings (SSSR count). The maximum absolute atomic E-state index is 12.3. The number of sulfone groups is 1. The molecular formula is C11H13F3N2O2S. The summed E-state index contributed by atoms with van der Waals surface area (Å²) >= 11 is 0. The fourth-order valence-electron chi connectivity index (χ4n) is 1.89. The van der Waals surface area contributed by atoms with Gasteiger partial charge in [0.15, 0.2) is 0 Å². The van der Waals surface area contributed by atoms with Crippen molar-refractivity contribution in [2.45, 2.75) is 25.1 Å². The number of hydrogen-bond donors (Lipinski definition) is 1. The van der Waals surface area contributed by atoms with Gasteiger partial charge in [0.2, 0.25) is 0 Å². The number of alkyl halides is 3. The van der Waals surface area contributed by atoms with E-state index < -0.39 is 21.6 Å². The molecule has 0 atom stereocenters. The summed E-state index contributed by atoms with van der Waals surface area (Å²) in [6.07, 6.45) is -2.73. The van der Waals surface area contributed by atoms with Crippen LogP contribution in [0.25, 0.3) is 0 Å². The van der Waals surface area contributed by atoms with Crippen LogP contribution < -0.4 is 5.32 Å². The molecule has 0 aliphatic carbocycles. The number of halogens is 3. The molecular weight excluding hydrogens is 281 g/mol. The first-order valence-electron chi connectivity index (χ1n) is 5.76. The van der Waals surface area contributed by atoms with Gasteiger partial charge in [-0.15, -0.1) is 0 Å².